The molecule has 0 saturated carbocycles. The zero-order chi connectivity index (χ0) is 15.5. The normalized spacial score (nSPS) is 15.0. The predicted octanol–water partition coefficient (Wildman–Crippen LogP) is 2.31. The fraction of sp³-hybridized carbons (Fsp3) is 0.353. The second-order valence-corrected chi connectivity index (χ2v) is 5.51. The SMILES string of the molecule is COc1ccccc1N1CCN(c2nccc(C)c2N)CC1. The average molecular weight is 298 g/mol. The Hall–Kier alpha value is -2.43. The van der Waals surface area contributed by atoms with Crippen LogP contribution < -0.4 is 20.3 Å². The third-order valence-corrected chi connectivity index (χ3v) is 4.19. The maximum atomic E-state index is 6.17. The highest BCUT2D eigenvalue weighted by Gasteiger charge is 2.21. The summed E-state index contributed by atoms with van der Waals surface area (Å²) >= 11 is 0. The predicted molar refractivity (Wildman–Crippen MR) is 90.8 cm³/mol. The van der Waals surface area contributed by atoms with Crippen LogP contribution in [0.25, 0.3) is 0 Å². The van der Waals surface area contributed by atoms with Gasteiger partial charge in [-0.1, -0.05) is 12.1 Å². The van der Waals surface area contributed by atoms with Crippen LogP contribution in [0.3, 0.4) is 0 Å². The highest BCUT2D eigenvalue weighted by molar-refractivity contribution is 5.67. The number of nitrogens with zero attached hydrogens (tertiary/aromatic N) is 3. The van der Waals surface area contributed by atoms with Crippen LogP contribution in [0, 0.1) is 6.92 Å². The van der Waals surface area contributed by atoms with Gasteiger partial charge in [0.05, 0.1) is 18.5 Å². The summed E-state index contributed by atoms with van der Waals surface area (Å²) in [5.41, 5.74) is 9.18. The third-order valence-electron chi connectivity index (χ3n) is 4.19. The summed E-state index contributed by atoms with van der Waals surface area (Å²) in [4.78, 5) is 9.06. The van der Waals surface area contributed by atoms with Crippen LogP contribution >= 0.6 is 0 Å². The summed E-state index contributed by atoms with van der Waals surface area (Å²) in [6.07, 6.45) is 1.83. The zero-order valence-electron chi connectivity index (χ0n) is 13.1. The topological polar surface area (TPSA) is 54.6 Å². The number of methoxy groups -OCH3 is 1. The van der Waals surface area contributed by atoms with Crippen LogP contribution in [-0.2, 0) is 0 Å². The Morgan fingerprint density at radius 1 is 1.05 bits per heavy atom. The molecule has 0 radical (unpaired) electrons. The number of aryl methyl sites for hydroxylation is 1. The third kappa shape index (κ3) is 2.66. The minimum absolute atomic E-state index is 0.785. The van der Waals surface area contributed by atoms with E-state index in [0.29, 0.717) is 0 Å². The molecule has 2 aromatic rings. The monoisotopic (exact) mass is 298 g/mol. The summed E-state index contributed by atoms with van der Waals surface area (Å²) in [5.74, 6) is 1.82. The molecular weight excluding hydrogens is 276 g/mol. The quantitative estimate of drug-likeness (QED) is 0.942. The molecule has 2 heterocycles. The van der Waals surface area contributed by atoms with E-state index in [1.807, 2.05) is 37.4 Å². The molecule has 1 aliphatic heterocycles. The molecule has 1 saturated heterocycles. The summed E-state index contributed by atoms with van der Waals surface area (Å²) < 4.78 is 5.46. The van der Waals surface area contributed by atoms with Gasteiger partial charge in [0.2, 0.25) is 0 Å². The Morgan fingerprint density at radius 3 is 2.45 bits per heavy atom. The highest BCUT2D eigenvalue weighted by atomic mass is 16.5. The molecule has 0 aliphatic carbocycles. The van der Waals surface area contributed by atoms with E-state index in [9.17, 15) is 0 Å². The first-order chi connectivity index (χ1) is 10.7. The first-order valence-corrected chi connectivity index (χ1v) is 7.54. The number of pyridine rings is 1. The number of hydrogen-bond acceptors (Lipinski definition) is 5. The molecule has 1 aromatic heterocycles. The number of hydrogen-bond donors (Lipinski definition) is 1. The van der Waals surface area contributed by atoms with Crippen LogP contribution in [0.15, 0.2) is 36.5 Å². The van der Waals surface area contributed by atoms with Crippen molar-refractivity contribution in [2.24, 2.45) is 0 Å². The van der Waals surface area contributed by atoms with Gasteiger partial charge in [0.15, 0.2) is 5.82 Å². The Balaban J connectivity index is 1.74. The van der Waals surface area contributed by atoms with E-state index >= 15 is 0 Å². The first kappa shape index (κ1) is 14.5. The van der Waals surface area contributed by atoms with Crippen LogP contribution in [0.5, 0.6) is 5.75 Å². The van der Waals surface area contributed by atoms with Gasteiger partial charge >= 0.3 is 0 Å². The number of piperazine rings is 1. The van der Waals surface area contributed by atoms with Gasteiger partial charge in [0, 0.05) is 32.4 Å². The molecule has 1 fully saturated rings. The number of anilines is 3. The van der Waals surface area contributed by atoms with Crippen molar-refractivity contribution in [3.05, 3.63) is 42.1 Å². The smallest absolute Gasteiger partial charge is 0.152 e. The van der Waals surface area contributed by atoms with Gasteiger partial charge in [-0.2, -0.15) is 0 Å². The highest BCUT2D eigenvalue weighted by Crippen LogP contribution is 2.30. The van der Waals surface area contributed by atoms with Crippen molar-refractivity contribution in [3.63, 3.8) is 0 Å². The van der Waals surface area contributed by atoms with E-state index < -0.39 is 0 Å². The van der Waals surface area contributed by atoms with E-state index in [0.717, 1.165) is 54.7 Å². The number of benzene rings is 1. The lowest BCUT2D eigenvalue weighted by atomic mass is 10.2. The maximum absolute atomic E-state index is 6.17. The molecule has 1 aliphatic rings. The Bertz CT molecular complexity index is 651. The van der Waals surface area contributed by atoms with E-state index in [2.05, 4.69) is 20.9 Å². The van der Waals surface area contributed by atoms with Gasteiger partial charge in [-0.3, -0.25) is 0 Å². The van der Waals surface area contributed by atoms with Crippen molar-refractivity contribution in [3.8, 4) is 5.75 Å². The summed E-state index contributed by atoms with van der Waals surface area (Å²) in [7, 11) is 1.71. The van der Waals surface area contributed by atoms with Gasteiger partial charge in [-0.25, -0.2) is 4.98 Å². The number of nitrogens with two attached hydrogens (primary N) is 1. The maximum Gasteiger partial charge on any atom is 0.152 e. The fourth-order valence-electron chi connectivity index (χ4n) is 2.86. The Morgan fingerprint density at radius 2 is 1.73 bits per heavy atom. The molecule has 2 N–H and O–H groups in total. The molecule has 0 atom stereocenters. The van der Waals surface area contributed by atoms with Crippen LogP contribution in [0.2, 0.25) is 0 Å². The van der Waals surface area contributed by atoms with Gasteiger partial charge < -0.3 is 20.3 Å². The molecule has 5 nitrogen and oxygen atoms in total. The van der Waals surface area contributed by atoms with Gasteiger partial charge in [-0.15, -0.1) is 0 Å². The standard InChI is InChI=1S/C17H22N4O/c1-13-7-8-19-17(16(13)18)21-11-9-20(10-12-21)14-5-3-4-6-15(14)22-2/h3-8H,9-12,18H2,1-2H3. The van der Waals surface area contributed by atoms with Crippen LogP contribution in [0.4, 0.5) is 17.2 Å². The van der Waals surface area contributed by atoms with Gasteiger partial charge in [0.1, 0.15) is 5.75 Å². The summed E-state index contributed by atoms with van der Waals surface area (Å²) in [5, 5.41) is 0. The Labute approximate surface area is 131 Å². The minimum atomic E-state index is 0.785. The fourth-order valence-corrected chi connectivity index (χ4v) is 2.86. The van der Waals surface area contributed by atoms with E-state index in [-0.39, 0.29) is 0 Å². The van der Waals surface area contributed by atoms with Gasteiger partial charge in [0.25, 0.3) is 0 Å². The molecule has 1 aromatic carbocycles. The second-order valence-electron chi connectivity index (χ2n) is 5.51. The molecule has 3 rings (SSSR count). The molecule has 22 heavy (non-hydrogen) atoms. The van der Waals surface area contributed by atoms with Gasteiger partial charge in [-0.05, 0) is 30.7 Å². The molecule has 0 bridgehead atoms. The lowest BCUT2D eigenvalue weighted by Crippen LogP contribution is -2.47. The van der Waals surface area contributed by atoms with E-state index in [4.69, 9.17) is 10.5 Å². The Kier molecular flexibility index (Phi) is 4.04. The molecule has 0 amide bonds. The largest absolute Gasteiger partial charge is 0.495 e. The van der Waals surface area contributed by atoms with E-state index in [1.165, 1.54) is 0 Å². The molecule has 0 spiro atoms. The summed E-state index contributed by atoms with van der Waals surface area (Å²) in [6.45, 7) is 5.67. The van der Waals surface area contributed by atoms with Crippen LogP contribution in [-0.4, -0.2) is 38.3 Å². The second kappa shape index (κ2) is 6.13. The summed E-state index contributed by atoms with van der Waals surface area (Å²) in [6, 6.07) is 10.1. The number of aromatic nitrogens is 1. The van der Waals surface area contributed by atoms with Crippen molar-refractivity contribution in [2.75, 3.05) is 48.8 Å². The number of para-hydroxylation sites is 2. The minimum Gasteiger partial charge on any atom is -0.495 e. The molecule has 116 valence electrons. The molecule has 0 unspecified atom stereocenters. The van der Waals surface area contributed by atoms with E-state index in [1.54, 1.807) is 7.11 Å². The molecular formula is C17H22N4O. The first-order valence-electron chi connectivity index (χ1n) is 7.54. The average Bonchev–Trinajstić information content (AvgIpc) is 2.57. The number of ether oxygens (including phenoxy) is 1. The van der Waals surface area contributed by atoms with Crippen molar-refractivity contribution in [1.82, 2.24) is 4.98 Å². The molecule has 5 heteroatoms. The number of rotatable bonds is 3. The number of nitrogen functional groups attached to an aromatic ring is 1. The van der Waals surface area contributed by atoms with Crippen molar-refractivity contribution in [2.45, 2.75) is 6.92 Å². The van der Waals surface area contributed by atoms with Crippen molar-refractivity contribution >= 4 is 17.2 Å². The zero-order valence-corrected chi connectivity index (χ0v) is 13.1. The lowest BCUT2D eigenvalue weighted by Gasteiger charge is -2.37. The van der Waals surface area contributed by atoms with Crippen molar-refractivity contribution < 1.29 is 4.74 Å². The van der Waals surface area contributed by atoms with Crippen LogP contribution in [0.1, 0.15) is 5.56 Å². The van der Waals surface area contributed by atoms with Crippen molar-refractivity contribution in [1.29, 1.82) is 0 Å². The lowest BCUT2D eigenvalue weighted by molar-refractivity contribution is 0.413.